The highest BCUT2D eigenvalue weighted by atomic mass is 16.6. The lowest BCUT2D eigenvalue weighted by Gasteiger charge is -2.20. The molecule has 0 fully saturated rings. The second-order valence-electron chi connectivity index (χ2n) is 4.94. The van der Waals surface area contributed by atoms with Crippen LogP contribution in [-0.4, -0.2) is 22.8 Å². The van der Waals surface area contributed by atoms with Gasteiger partial charge in [-0.25, -0.2) is 9.59 Å². The van der Waals surface area contributed by atoms with Crippen LogP contribution in [0.1, 0.15) is 36.7 Å². The summed E-state index contributed by atoms with van der Waals surface area (Å²) in [5, 5.41) is 11.4. The zero-order valence-corrected chi connectivity index (χ0v) is 11.2. The number of benzene rings is 1. The number of hydrogen-bond donors (Lipinski definition) is 2. The van der Waals surface area contributed by atoms with Gasteiger partial charge in [0, 0.05) is 0 Å². The molecule has 0 unspecified atom stereocenters. The van der Waals surface area contributed by atoms with E-state index >= 15 is 0 Å². The summed E-state index contributed by atoms with van der Waals surface area (Å²) < 4.78 is 5.12. The summed E-state index contributed by atoms with van der Waals surface area (Å²) in [7, 11) is 0. The van der Waals surface area contributed by atoms with Crippen molar-refractivity contribution in [2.75, 3.05) is 5.32 Å². The molecular weight excluding hydrogens is 246 g/mol. The minimum atomic E-state index is -1.04. The van der Waals surface area contributed by atoms with E-state index in [1.54, 1.807) is 20.8 Å². The smallest absolute Gasteiger partial charge is 0.412 e. The molecule has 0 bridgehead atoms. The average Bonchev–Trinajstić information content (AvgIpc) is 2.26. The van der Waals surface area contributed by atoms with Gasteiger partial charge in [0.15, 0.2) is 0 Å². The Bertz CT molecular complexity index is 515. The third-order valence-corrected chi connectivity index (χ3v) is 2.15. The molecule has 2 N–H and O–H groups in total. The second-order valence-corrected chi connectivity index (χ2v) is 4.94. The first kappa shape index (κ1) is 14.8. The Labute approximate surface area is 111 Å². The first-order valence-electron chi connectivity index (χ1n) is 5.73. The van der Waals surface area contributed by atoms with Gasteiger partial charge in [0.1, 0.15) is 5.60 Å². The maximum atomic E-state index is 11.6. The first-order chi connectivity index (χ1) is 8.73. The predicted molar refractivity (Wildman–Crippen MR) is 73.3 cm³/mol. The fourth-order valence-electron chi connectivity index (χ4n) is 1.39. The summed E-state index contributed by atoms with van der Waals surface area (Å²) in [6.45, 7) is 8.86. The van der Waals surface area contributed by atoms with E-state index in [0.717, 1.165) is 0 Å². The third-order valence-electron chi connectivity index (χ3n) is 2.15. The van der Waals surface area contributed by atoms with Gasteiger partial charge in [0.25, 0.3) is 0 Å². The van der Waals surface area contributed by atoms with E-state index < -0.39 is 17.7 Å². The van der Waals surface area contributed by atoms with Crippen LogP contribution in [0.2, 0.25) is 0 Å². The Morgan fingerprint density at radius 3 is 2.47 bits per heavy atom. The summed E-state index contributed by atoms with van der Waals surface area (Å²) in [4.78, 5) is 22.5. The minimum absolute atomic E-state index is 0.129. The quantitative estimate of drug-likeness (QED) is 0.876. The molecule has 0 aliphatic rings. The van der Waals surface area contributed by atoms with Crippen LogP contribution < -0.4 is 5.32 Å². The van der Waals surface area contributed by atoms with E-state index in [-0.39, 0.29) is 5.56 Å². The van der Waals surface area contributed by atoms with E-state index in [2.05, 4.69) is 11.9 Å². The number of carbonyl (C=O) groups excluding carboxylic acids is 1. The Kier molecular flexibility index (Phi) is 4.32. The number of amides is 1. The number of rotatable bonds is 3. The maximum absolute atomic E-state index is 11.6. The molecule has 1 rings (SSSR count). The molecule has 102 valence electrons. The van der Waals surface area contributed by atoms with E-state index in [4.69, 9.17) is 9.84 Å². The van der Waals surface area contributed by atoms with E-state index in [0.29, 0.717) is 11.3 Å². The van der Waals surface area contributed by atoms with E-state index in [1.165, 1.54) is 24.3 Å². The van der Waals surface area contributed by atoms with Gasteiger partial charge in [-0.05, 0) is 44.5 Å². The van der Waals surface area contributed by atoms with Gasteiger partial charge < -0.3 is 9.84 Å². The number of nitrogens with one attached hydrogen (secondary N) is 1. The predicted octanol–water partition coefficient (Wildman–Crippen LogP) is 3.37. The number of anilines is 1. The van der Waals surface area contributed by atoms with Crippen LogP contribution in [0.4, 0.5) is 10.5 Å². The highest BCUT2D eigenvalue weighted by molar-refractivity contribution is 5.92. The Balaban J connectivity index is 2.93. The first-order valence-corrected chi connectivity index (χ1v) is 5.73. The molecule has 19 heavy (non-hydrogen) atoms. The molecular formula is C14H17NO4. The summed E-state index contributed by atoms with van der Waals surface area (Å²) in [5.74, 6) is -1.04. The van der Waals surface area contributed by atoms with Crippen molar-refractivity contribution in [1.29, 1.82) is 0 Å². The highest BCUT2D eigenvalue weighted by Gasteiger charge is 2.17. The molecule has 0 aromatic heterocycles. The van der Waals surface area contributed by atoms with Gasteiger partial charge in [-0.15, -0.1) is 0 Å². The number of carbonyl (C=O) groups is 2. The lowest BCUT2D eigenvalue weighted by molar-refractivity contribution is 0.0634. The molecule has 0 saturated heterocycles. The lowest BCUT2D eigenvalue weighted by atomic mass is 10.1. The van der Waals surface area contributed by atoms with Gasteiger partial charge in [-0.3, -0.25) is 5.32 Å². The molecule has 5 heteroatoms. The van der Waals surface area contributed by atoms with Crippen LogP contribution in [0.15, 0.2) is 24.8 Å². The molecule has 1 amide bonds. The van der Waals surface area contributed by atoms with Crippen LogP contribution in [0.3, 0.4) is 0 Å². The largest absolute Gasteiger partial charge is 0.478 e. The standard InChI is InChI=1S/C14H17NO4/c1-5-9-8-10(12(16)17)6-7-11(9)15-13(18)19-14(2,3)4/h5-8H,1H2,2-4H3,(H,15,18)(H,16,17). The molecule has 5 nitrogen and oxygen atoms in total. The van der Waals surface area contributed by atoms with Crippen molar-refractivity contribution in [2.45, 2.75) is 26.4 Å². The summed E-state index contributed by atoms with van der Waals surface area (Å²) in [5.41, 5.74) is 0.504. The minimum Gasteiger partial charge on any atom is -0.478 e. The van der Waals surface area contributed by atoms with Crippen molar-refractivity contribution < 1.29 is 19.4 Å². The van der Waals surface area contributed by atoms with Gasteiger partial charge in [0.05, 0.1) is 11.3 Å². The van der Waals surface area contributed by atoms with Crippen LogP contribution in [0.5, 0.6) is 0 Å². The fraction of sp³-hybridized carbons (Fsp3) is 0.286. The molecule has 0 aliphatic carbocycles. The molecule has 1 aromatic rings. The molecule has 0 aliphatic heterocycles. The van der Waals surface area contributed by atoms with Crippen molar-refractivity contribution in [3.8, 4) is 0 Å². The van der Waals surface area contributed by atoms with Crippen molar-refractivity contribution in [3.63, 3.8) is 0 Å². The summed E-state index contributed by atoms with van der Waals surface area (Å²) in [6.07, 6.45) is 0.873. The van der Waals surface area contributed by atoms with Crippen LogP contribution >= 0.6 is 0 Å². The fourth-order valence-corrected chi connectivity index (χ4v) is 1.39. The van der Waals surface area contributed by atoms with Crippen LogP contribution in [0, 0.1) is 0 Å². The Morgan fingerprint density at radius 2 is 2.00 bits per heavy atom. The topological polar surface area (TPSA) is 75.6 Å². The van der Waals surface area contributed by atoms with Gasteiger partial charge in [0.2, 0.25) is 0 Å². The molecule has 0 saturated carbocycles. The average molecular weight is 263 g/mol. The van der Waals surface area contributed by atoms with Gasteiger partial charge in [-0.2, -0.15) is 0 Å². The summed E-state index contributed by atoms with van der Waals surface area (Å²) in [6, 6.07) is 4.34. The molecule has 0 atom stereocenters. The van der Waals surface area contributed by atoms with Crippen LogP contribution in [0.25, 0.3) is 6.08 Å². The lowest BCUT2D eigenvalue weighted by Crippen LogP contribution is -2.27. The van der Waals surface area contributed by atoms with Gasteiger partial charge >= 0.3 is 12.1 Å². The monoisotopic (exact) mass is 263 g/mol. The Hall–Kier alpha value is -2.30. The summed E-state index contributed by atoms with van der Waals surface area (Å²) >= 11 is 0. The number of hydrogen-bond acceptors (Lipinski definition) is 3. The SMILES string of the molecule is C=Cc1cc(C(=O)O)ccc1NC(=O)OC(C)(C)C. The van der Waals surface area contributed by atoms with Crippen molar-refractivity contribution in [2.24, 2.45) is 0 Å². The Morgan fingerprint density at radius 1 is 1.37 bits per heavy atom. The number of carboxylic acid groups (broad SMARTS) is 1. The molecule has 0 spiro atoms. The normalized spacial score (nSPS) is 10.7. The molecule has 0 radical (unpaired) electrons. The third kappa shape index (κ3) is 4.46. The number of carboxylic acids is 1. The zero-order chi connectivity index (χ0) is 14.6. The van der Waals surface area contributed by atoms with Crippen molar-refractivity contribution in [1.82, 2.24) is 0 Å². The van der Waals surface area contributed by atoms with E-state index in [9.17, 15) is 9.59 Å². The van der Waals surface area contributed by atoms with Crippen LogP contribution in [-0.2, 0) is 4.74 Å². The maximum Gasteiger partial charge on any atom is 0.412 e. The second kappa shape index (κ2) is 5.56. The number of aromatic carboxylic acids is 1. The van der Waals surface area contributed by atoms with Gasteiger partial charge in [-0.1, -0.05) is 12.7 Å². The molecule has 0 heterocycles. The zero-order valence-electron chi connectivity index (χ0n) is 11.2. The van der Waals surface area contributed by atoms with Crippen molar-refractivity contribution in [3.05, 3.63) is 35.9 Å². The van der Waals surface area contributed by atoms with Crippen molar-refractivity contribution >= 4 is 23.8 Å². The number of ether oxygens (including phenoxy) is 1. The van der Waals surface area contributed by atoms with E-state index in [1.807, 2.05) is 0 Å². The molecule has 1 aromatic carbocycles. The highest BCUT2D eigenvalue weighted by Crippen LogP contribution is 2.20.